The Kier molecular flexibility index (Phi) is 7.67. The predicted molar refractivity (Wildman–Crippen MR) is 134 cm³/mol. The second-order valence-electron chi connectivity index (χ2n) is 7.81. The van der Waals surface area contributed by atoms with E-state index in [1.54, 1.807) is 54.1 Å². The van der Waals surface area contributed by atoms with Crippen LogP contribution in [0.1, 0.15) is 17.0 Å². The van der Waals surface area contributed by atoms with E-state index >= 15 is 0 Å². The summed E-state index contributed by atoms with van der Waals surface area (Å²) in [4.78, 5) is 12.6. The third-order valence-electron chi connectivity index (χ3n) is 5.21. The van der Waals surface area contributed by atoms with Crippen molar-refractivity contribution in [3.8, 4) is 17.2 Å². The topological polar surface area (TPSA) is 78.3 Å². The van der Waals surface area contributed by atoms with Crippen molar-refractivity contribution in [2.45, 2.75) is 25.6 Å². The van der Waals surface area contributed by atoms with E-state index in [0.29, 0.717) is 22.5 Å². The largest absolute Gasteiger partial charge is 0.497 e. The normalized spacial score (nSPS) is 10.7. The van der Waals surface area contributed by atoms with Crippen molar-refractivity contribution in [1.29, 1.82) is 0 Å². The smallest absolute Gasteiger partial charge is 0.234 e. The Morgan fingerprint density at radius 2 is 1.77 bits per heavy atom. The maximum atomic E-state index is 14.7. The van der Waals surface area contributed by atoms with Gasteiger partial charge in [0.15, 0.2) is 11.0 Å². The molecule has 3 aromatic carbocycles. The van der Waals surface area contributed by atoms with Gasteiger partial charge in [0.2, 0.25) is 5.91 Å². The number of benzene rings is 3. The molecule has 4 rings (SSSR count). The summed E-state index contributed by atoms with van der Waals surface area (Å²) in [5, 5.41) is 11.7. The second-order valence-corrected chi connectivity index (χ2v) is 8.75. The quantitative estimate of drug-likeness (QED) is 0.318. The maximum absolute atomic E-state index is 14.7. The average Bonchev–Trinajstić information content (AvgIpc) is 3.26. The van der Waals surface area contributed by atoms with E-state index < -0.39 is 5.82 Å². The lowest BCUT2D eigenvalue weighted by Gasteiger charge is -2.12. The number of nitrogens with zero attached hydrogens (tertiary/aromatic N) is 3. The lowest BCUT2D eigenvalue weighted by atomic mass is 10.1. The lowest BCUT2D eigenvalue weighted by molar-refractivity contribution is -0.113. The van der Waals surface area contributed by atoms with Crippen LogP contribution >= 0.6 is 11.8 Å². The Bertz CT molecular complexity index is 1320. The molecule has 0 bridgehead atoms. The zero-order valence-corrected chi connectivity index (χ0v) is 20.4. The van der Waals surface area contributed by atoms with Crippen molar-refractivity contribution in [2.75, 3.05) is 18.2 Å². The van der Waals surface area contributed by atoms with E-state index in [9.17, 15) is 9.18 Å². The number of para-hydroxylation sites is 1. The number of amides is 1. The molecule has 0 fully saturated rings. The number of aromatic nitrogens is 3. The van der Waals surface area contributed by atoms with Crippen LogP contribution in [0.25, 0.3) is 5.69 Å². The predicted octanol–water partition coefficient (Wildman–Crippen LogP) is 5.34. The molecule has 0 aliphatic heterocycles. The molecular formula is C26H25FN4O3S. The molecule has 180 valence electrons. The van der Waals surface area contributed by atoms with E-state index in [2.05, 4.69) is 15.5 Å². The van der Waals surface area contributed by atoms with Gasteiger partial charge in [0.1, 0.15) is 23.9 Å². The van der Waals surface area contributed by atoms with Crippen LogP contribution in [-0.2, 0) is 11.4 Å². The molecule has 9 heteroatoms. The van der Waals surface area contributed by atoms with Crippen LogP contribution in [0, 0.1) is 19.7 Å². The van der Waals surface area contributed by atoms with Crippen molar-refractivity contribution in [3.05, 3.63) is 89.5 Å². The highest BCUT2D eigenvalue weighted by Gasteiger charge is 2.19. The molecule has 0 saturated heterocycles. The number of ether oxygens (including phenoxy) is 2. The number of hydrogen-bond donors (Lipinski definition) is 1. The third kappa shape index (κ3) is 5.99. The van der Waals surface area contributed by atoms with Crippen LogP contribution in [0.5, 0.6) is 11.5 Å². The summed E-state index contributed by atoms with van der Waals surface area (Å²) in [5.74, 6) is 1.18. The zero-order valence-electron chi connectivity index (χ0n) is 19.6. The Hall–Kier alpha value is -3.85. The molecule has 35 heavy (non-hydrogen) atoms. The summed E-state index contributed by atoms with van der Waals surface area (Å²) in [7, 11) is 1.59. The highest BCUT2D eigenvalue weighted by molar-refractivity contribution is 7.99. The summed E-state index contributed by atoms with van der Waals surface area (Å²) >= 11 is 1.17. The van der Waals surface area contributed by atoms with Crippen molar-refractivity contribution < 1.29 is 18.7 Å². The van der Waals surface area contributed by atoms with Gasteiger partial charge in [-0.25, -0.2) is 4.39 Å². The van der Waals surface area contributed by atoms with Gasteiger partial charge < -0.3 is 14.8 Å². The first-order valence-corrected chi connectivity index (χ1v) is 11.9. The number of carbonyl (C=O) groups excluding carboxylic acids is 1. The monoisotopic (exact) mass is 492 g/mol. The number of rotatable bonds is 9. The first-order chi connectivity index (χ1) is 16.9. The standard InChI is InChI=1S/C26H25FN4O3S/c1-17-8-13-22(18(2)14-17)28-25(32)16-35-26-30-29-24(31(26)23-7-5-4-6-21(23)27)15-34-20-11-9-19(33-3)10-12-20/h4-14H,15-16H2,1-3H3,(H,28,32). The summed E-state index contributed by atoms with van der Waals surface area (Å²) in [5.41, 5.74) is 3.14. The van der Waals surface area contributed by atoms with Crippen LogP contribution in [0.15, 0.2) is 71.9 Å². The van der Waals surface area contributed by atoms with Gasteiger partial charge in [-0.1, -0.05) is 41.6 Å². The van der Waals surface area contributed by atoms with Gasteiger partial charge in [0, 0.05) is 5.69 Å². The van der Waals surface area contributed by atoms with Crippen molar-refractivity contribution >= 4 is 23.4 Å². The molecule has 0 aliphatic rings. The van der Waals surface area contributed by atoms with Crippen LogP contribution in [0.3, 0.4) is 0 Å². The number of carbonyl (C=O) groups is 1. The van der Waals surface area contributed by atoms with Gasteiger partial charge in [-0.3, -0.25) is 9.36 Å². The van der Waals surface area contributed by atoms with Gasteiger partial charge in [-0.05, 0) is 61.9 Å². The number of thioether (sulfide) groups is 1. The van der Waals surface area contributed by atoms with E-state index in [1.807, 2.05) is 32.0 Å². The summed E-state index contributed by atoms with van der Waals surface area (Å²) < 4.78 is 27.3. The minimum absolute atomic E-state index is 0.0585. The van der Waals surface area contributed by atoms with Crippen molar-refractivity contribution in [1.82, 2.24) is 14.8 Å². The van der Waals surface area contributed by atoms with Crippen molar-refractivity contribution in [2.24, 2.45) is 0 Å². The first-order valence-electron chi connectivity index (χ1n) is 10.9. The molecule has 1 aromatic heterocycles. The molecule has 1 heterocycles. The van der Waals surface area contributed by atoms with Crippen molar-refractivity contribution in [3.63, 3.8) is 0 Å². The Balaban J connectivity index is 1.51. The number of hydrogen-bond acceptors (Lipinski definition) is 6. The Labute approximate surface area is 207 Å². The molecule has 0 spiro atoms. The van der Waals surface area contributed by atoms with Gasteiger partial charge in [0.25, 0.3) is 0 Å². The molecule has 0 atom stereocenters. The Morgan fingerprint density at radius 1 is 1.03 bits per heavy atom. The van der Waals surface area contributed by atoms with Gasteiger partial charge in [0.05, 0.1) is 18.6 Å². The number of anilines is 1. The molecule has 7 nitrogen and oxygen atoms in total. The molecule has 0 unspecified atom stereocenters. The fourth-order valence-corrected chi connectivity index (χ4v) is 4.22. The second kappa shape index (κ2) is 11.1. The van der Waals surface area contributed by atoms with Gasteiger partial charge in [-0.15, -0.1) is 10.2 Å². The maximum Gasteiger partial charge on any atom is 0.234 e. The van der Waals surface area contributed by atoms with E-state index in [4.69, 9.17) is 9.47 Å². The van der Waals surface area contributed by atoms with Gasteiger partial charge in [-0.2, -0.15) is 0 Å². The fraction of sp³-hybridized carbons (Fsp3) is 0.192. The minimum atomic E-state index is -0.431. The SMILES string of the molecule is COc1ccc(OCc2nnc(SCC(=O)Nc3ccc(C)cc3C)n2-c2ccccc2F)cc1. The summed E-state index contributed by atoms with van der Waals surface area (Å²) in [6.45, 7) is 4.00. The van der Waals surface area contributed by atoms with Crippen LogP contribution < -0.4 is 14.8 Å². The van der Waals surface area contributed by atoms with E-state index in [1.165, 1.54) is 17.8 Å². The molecule has 0 aliphatic carbocycles. The van der Waals surface area contributed by atoms with E-state index in [0.717, 1.165) is 16.8 Å². The number of nitrogens with one attached hydrogen (secondary N) is 1. The fourth-order valence-electron chi connectivity index (χ4n) is 3.45. The van der Waals surface area contributed by atoms with Gasteiger partial charge >= 0.3 is 0 Å². The first kappa shape index (κ1) is 24.3. The molecule has 4 aromatic rings. The highest BCUT2D eigenvalue weighted by Crippen LogP contribution is 2.26. The lowest BCUT2D eigenvalue weighted by Crippen LogP contribution is -2.15. The van der Waals surface area contributed by atoms with Crippen LogP contribution in [0.2, 0.25) is 0 Å². The summed E-state index contributed by atoms with van der Waals surface area (Å²) in [6.07, 6.45) is 0. The highest BCUT2D eigenvalue weighted by atomic mass is 32.2. The minimum Gasteiger partial charge on any atom is -0.497 e. The number of aryl methyl sites for hydroxylation is 2. The molecule has 0 saturated carbocycles. The molecule has 1 amide bonds. The molecule has 1 N–H and O–H groups in total. The number of halogens is 1. The molecular weight excluding hydrogens is 467 g/mol. The van der Waals surface area contributed by atoms with E-state index in [-0.39, 0.29) is 24.0 Å². The third-order valence-corrected chi connectivity index (χ3v) is 6.14. The average molecular weight is 493 g/mol. The number of methoxy groups -OCH3 is 1. The summed E-state index contributed by atoms with van der Waals surface area (Å²) in [6, 6.07) is 19.3. The van der Waals surface area contributed by atoms with Crippen LogP contribution in [0.4, 0.5) is 10.1 Å². The van der Waals surface area contributed by atoms with Crippen LogP contribution in [-0.4, -0.2) is 33.5 Å². The molecule has 0 radical (unpaired) electrons. The zero-order chi connectivity index (χ0) is 24.8. The Morgan fingerprint density at radius 3 is 2.49 bits per heavy atom.